The SMILES string of the molecule is CCc1cc(N2C3CCC2CC(n2cc(Br)cn2)C3)ncn1. The van der Waals surface area contributed by atoms with Crippen molar-refractivity contribution in [2.24, 2.45) is 0 Å². The Morgan fingerprint density at radius 1 is 1.18 bits per heavy atom. The quantitative estimate of drug-likeness (QED) is 0.840. The smallest absolute Gasteiger partial charge is 0.132 e. The molecule has 5 nitrogen and oxygen atoms in total. The van der Waals surface area contributed by atoms with Crippen LogP contribution in [0.4, 0.5) is 5.82 Å². The molecule has 6 heteroatoms. The van der Waals surface area contributed by atoms with Crippen molar-refractivity contribution in [3.05, 3.63) is 35.0 Å². The summed E-state index contributed by atoms with van der Waals surface area (Å²) in [5.41, 5.74) is 1.13. The number of piperidine rings is 1. The van der Waals surface area contributed by atoms with Gasteiger partial charge in [-0.25, -0.2) is 9.97 Å². The van der Waals surface area contributed by atoms with Gasteiger partial charge in [-0.1, -0.05) is 6.92 Å². The number of hydrogen-bond acceptors (Lipinski definition) is 4. The van der Waals surface area contributed by atoms with E-state index < -0.39 is 0 Å². The zero-order valence-electron chi connectivity index (χ0n) is 12.7. The standard InChI is InChI=1S/C16H20BrN5/c1-2-12-5-16(19-10-18-12)22-13-3-4-14(22)7-15(6-13)21-9-11(17)8-20-21/h5,8-10,13-15H,2-4,6-7H2,1H3. The maximum absolute atomic E-state index is 4.54. The van der Waals surface area contributed by atoms with Crippen molar-refractivity contribution in [3.8, 4) is 0 Å². The molecule has 0 aliphatic carbocycles. The number of aromatic nitrogens is 4. The molecule has 0 amide bonds. The first-order valence-electron chi connectivity index (χ1n) is 8.03. The molecule has 2 bridgehead atoms. The Morgan fingerprint density at radius 3 is 2.59 bits per heavy atom. The van der Waals surface area contributed by atoms with E-state index >= 15 is 0 Å². The molecule has 0 spiro atoms. The third-order valence-electron chi connectivity index (χ3n) is 4.99. The van der Waals surface area contributed by atoms with Gasteiger partial charge in [-0.05, 0) is 48.0 Å². The van der Waals surface area contributed by atoms with Gasteiger partial charge in [-0.2, -0.15) is 5.10 Å². The maximum Gasteiger partial charge on any atom is 0.132 e. The number of nitrogens with zero attached hydrogens (tertiary/aromatic N) is 5. The van der Waals surface area contributed by atoms with Gasteiger partial charge in [-0.3, -0.25) is 4.68 Å². The lowest BCUT2D eigenvalue weighted by Gasteiger charge is -2.39. The highest BCUT2D eigenvalue weighted by Crippen LogP contribution is 2.42. The minimum absolute atomic E-state index is 0.507. The number of fused-ring (bicyclic) bond motifs is 2. The second-order valence-electron chi connectivity index (χ2n) is 6.28. The van der Waals surface area contributed by atoms with Gasteiger partial charge in [0.25, 0.3) is 0 Å². The highest BCUT2D eigenvalue weighted by molar-refractivity contribution is 9.10. The van der Waals surface area contributed by atoms with Crippen LogP contribution < -0.4 is 4.90 Å². The van der Waals surface area contributed by atoms with Crippen molar-refractivity contribution >= 4 is 21.7 Å². The molecule has 2 aromatic rings. The minimum Gasteiger partial charge on any atom is -0.350 e. The molecule has 2 aromatic heterocycles. The van der Waals surface area contributed by atoms with Crippen molar-refractivity contribution in [1.29, 1.82) is 0 Å². The third-order valence-corrected chi connectivity index (χ3v) is 5.40. The topological polar surface area (TPSA) is 46.8 Å². The van der Waals surface area contributed by atoms with Crippen LogP contribution in [-0.2, 0) is 6.42 Å². The lowest BCUT2D eigenvalue weighted by atomic mass is 9.97. The van der Waals surface area contributed by atoms with Crippen molar-refractivity contribution in [3.63, 3.8) is 0 Å². The molecule has 2 saturated heterocycles. The Morgan fingerprint density at radius 2 is 1.95 bits per heavy atom. The zero-order valence-corrected chi connectivity index (χ0v) is 14.3. The molecule has 2 aliphatic heterocycles. The van der Waals surface area contributed by atoms with Crippen molar-refractivity contribution in [2.75, 3.05) is 4.90 Å². The predicted molar refractivity (Wildman–Crippen MR) is 88.9 cm³/mol. The number of aryl methyl sites for hydroxylation is 1. The fourth-order valence-corrected chi connectivity index (χ4v) is 4.27. The summed E-state index contributed by atoms with van der Waals surface area (Å²) in [4.78, 5) is 11.4. The van der Waals surface area contributed by atoms with E-state index in [2.05, 4.69) is 59.8 Å². The summed E-state index contributed by atoms with van der Waals surface area (Å²) in [5.74, 6) is 1.11. The van der Waals surface area contributed by atoms with Gasteiger partial charge in [0.15, 0.2) is 0 Å². The number of hydrogen-bond donors (Lipinski definition) is 0. The van der Waals surface area contributed by atoms with Crippen LogP contribution in [0.25, 0.3) is 0 Å². The molecular formula is C16H20BrN5. The molecule has 0 radical (unpaired) electrons. The van der Waals surface area contributed by atoms with Crippen molar-refractivity contribution < 1.29 is 0 Å². The molecule has 116 valence electrons. The lowest BCUT2D eigenvalue weighted by Crippen LogP contribution is -2.44. The van der Waals surface area contributed by atoms with Gasteiger partial charge in [-0.15, -0.1) is 0 Å². The van der Waals surface area contributed by atoms with Gasteiger partial charge in [0.1, 0.15) is 12.1 Å². The van der Waals surface area contributed by atoms with Crippen LogP contribution in [-0.4, -0.2) is 31.8 Å². The molecule has 2 fully saturated rings. The van der Waals surface area contributed by atoms with Gasteiger partial charge in [0.05, 0.1) is 16.7 Å². The Hall–Kier alpha value is -1.43. The Bertz CT molecular complexity index is 656. The van der Waals surface area contributed by atoms with E-state index in [1.54, 1.807) is 6.33 Å². The number of anilines is 1. The summed E-state index contributed by atoms with van der Waals surface area (Å²) < 4.78 is 3.19. The predicted octanol–water partition coefficient (Wildman–Crippen LogP) is 3.37. The minimum atomic E-state index is 0.507. The van der Waals surface area contributed by atoms with Crippen LogP contribution >= 0.6 is 15.9 Å². The molecule has 4 heterocycles. The zero-order chi connectivity index (χ0) is 15.1. The van der Waals surface area contributed by atoms with Gasteiger partial charge >= 0.3 is 0 Å². The summed E-state index contributed by atoms with van der Waals surface area (Å²) in [6, 6.07) is 3.82. The largest absolute Gasteiger partial charge is 0.350 e. The summed E-state index contributed by atoms with van der Waals surface area (Å²) in [6.45, 7) is 2.14. The van der Waals surface area contributed by atoms with Crippen LogP contribution in [0.5, 0.6) is 0 Å². The fourth-order valence-electron chi connectivity index (χ4n) is 3.97. The molecule has 0 N–H and O–H groups in total. The second kappa shape index (κ2) is 5.65. The van der Waals surface area contributed by atoms with Gasteiger partial charge in [0, 0.05) is 30.0 Å². The summed E-state index contributed by atoms with van der Waals surface area (Å²) in [7, 11) is 0. The van der Waals surface area contributed by atoms with Crippen LogP contribution in [0, 0.1) is 0 Å². The van der Waals surface area contributed by atoms with E-state index in [1.807, 2.05) is 6.20 Å². The van der Waals surface area contributed by atoms with Crippen molar-refractivity contribution in [2.45, 2.75) is 57.2 Å². The van der Waals surface area contributed by atoms with Gasteiger partial charge in [0.2, 0.25) is 0 Å². The van der Waals surface area contributed by atoms with E-state index in [4.69, 9.17) is 0 Å². The maximum atomic E-state index is 4.54. The first kappa shape index (κ1) is 14.2. The Labute approximate surface area is 138 Å². The first-order valence-corrected chi connectivity index (χ1v) is 8.83. The highest BCUT2D eigenvalue weighted by Gasteiger charge is 2.42. The first-order chi connectivity index (χ1) is 10.7. The summed E-state index contributed by atoms with van der Waals surface area (Å²) >= 11 is 3.50. The lowest BCUT2D eigenvalue weighted by molar-refractivity contribution is 0.313. The molecule has 0 aromatic carbocycles. The van der Waals surface area contributed by atoms with Gasteiger partial charge < -0.3 is 4.90 Å². The van der Waals surface area contributed by atoms with E-state index in [0.717, 1.165) is 35.2 Å². The number of halogens is 1. The van der Waals surface area contributed by atoms with E-state index in [9.17, 15) is 0 Å². The molecule has 2 unspecified atom stereocenters. The second-order valence-corrected chi connectivity index (χ2v) is 7.19. The molecular weight excluding hydrogens is 342 g/mol. The monoisotopic (exact) mass is 361 g/mol. The van der Waals surface area contributed by atoms with Crippen LogP contribution in [0.2, 0.25) is 0 Å². The molecule has 2 aliphatic rings. The normalized spacial score (nSPS) is 27.4. The Kier molecular flexibility index (Phi) is 3.64. The van der Waals surface area contributed by atoms with E-state index in [0.29, 0.717) is 18.1 Å². The summed E-state index contributed by atoms with van der Waals surface area (Å²) in [5, 5.41) is 4.49. The molecule has 2 atom stereocenters. The molecule has 0 saturated carbocycles. The van der Waals surface area contributed by atoms with Crippen LogP contribution in [0.15, 0.2) is 29.3 Å². The molecule has 22 heavy (non-hydrogen) atoms. The summed E-state index contributed by atoms with van der Waals surface area (Å²) in [6.07, 6.45) is 11.5. The Balaban J connectivity index is 1.58. The van der Waals surface area contributed by atoms with E-state index in [-0.39, 0.29) is 0 Å². The average molecular weight is 362 g/mol. The van der Waals surface area contributed by atoms with Crippen LogP contribution in [0.1, 0.15) is 44.3 Å². The highest BCUT2D eigenvalue weighted by atomic mass is 79.9. The van der Waals surface area contributed by atoms with E-state index in [1.165, 1.54) is 12.8 Å². The van der Waals surface area contributed by atoms with Crippen molar-refractivity contribution in [1.82, 2.24) is 19.7 Å². The fraction of sp³-hybridized carbons (Fsp3) is 0.562. The third kappa shape index (κ3) is 2.43. The number of rotatable bonds is 3. The molecule has 4 rings (SSSR count). The van der Waals surface area contributed by atoms with Crippen LogP contribution in [0.3, 0.4) is 0 Å². The average Bonchev–Trinajstić information content (AvgIpc) is 3.08.